The summed E-state index contributed by atoms with van der Waals surface area (Å²) in [7, 11) is 7.56. The Labute approximate surface area is 183 Å². The number of amides is 1. The molecule has 1 aliphatic rings. The molecule has 11 heteroatoms. The van der Waals surface area contributed by atoms with Crippen molar-refractivity contribution in [3.05, 3.63) is 38.4 Å². The van der Waals surface area contributed by atoms with Crippen LogP contribution >= 0.6 is 12.2 Å². The van der Waals surface area contributed by atoms with Gasteiger partial charge in [0.2, 0.25) is 17.5 Å². The molecule has 1 atom stereocenters. The van der Waals surface area contributed by atoms with Crippen LogP contribution in [0.4, 0.5) is 0 Å². The lowest BCUT2D eigenvalue weighted by Crippen LogP contribution is -2.28. The van der Waals surface area contributed by atoms with E-state index in [2.05, 4.69) is 5.10 Å². The van der Waals surface area contributed by atoms with E-state index in [1.165, 1.54) is 49.4 Å². The lowest BCUT2D eigenvalue weighted by atomic mass is 9.98. The van der Waals surface area contributed by atoms with Gasteiger partial charge in [0.05, 0.1) is 33.1 Å². The van der Waals surface area contributed by atoms with Crippen LogP contribution in [-0.4, -0.2) is 52.2 Å². The van der Waals surface area contributed by atoms with Gasteiger partial charge in [-0.15, -0.1) is 0 Å². The molecule has 1 amide bonds. The highest BCUT2D eigenvalue weighted by Gasteiger charge is 2.35. The van der Waals surface area contributed by atoms with Gasteiger partial charge in [-0.3, -0.25) is 18.7 Å². The number of aromatic nitrogens is 2. The van der Waals surface area contributed by atoms with Gasteiger partial charge in [-0.1, -0.05) is 0 Å². The van der Waals surface area contributed by atoms with Gasteiger partial charge in [-0.2, -0.15) is 5.10 Å². The minimum absolute atomic E-state index is 0.000193. The Kier molecular flexibility index (Phi) is 6.07. The maximum atomic E-state index is 12.8. The van der Waals surface area contributed by atoms with Gasteiger partial charge < -0.3 is 19.3 Å². The Balaban J connectivity index is 2.16. The summed E-state index contributed by atoms with van der Waals surface area (Å²) in [5, 5.41) is 16.2. The van der Waals surface area contributed by atoms with E-state index >= 15 is 0 Å². The first-order chi connectivity index (χ1) is 14.7. The van der Waals surface area contributed by atoms with Gasteiger partial charge in [0.1, 0.15) is 5.56 Å². The minimum atomic E-state index is -0.543. The third-order valence-corrected chi connectivity index (χ3v) is 5.77. The monoisotopic (exact) mass is 448 g/mol. The SMILES string of the molecule is COc1cc(C2CC(c3c(O)n(C)c(=S)n(C)c3=O)=NN2C(C)=O)cc(OC)c1OC. The van der Waals surface area contributed by atoms with Gasteiger partial charge in [0.25, 0.3) is 5.56 Å². The van der Waals surface area contributed by atoms with Gasteiger partial charge in [-0.25, -0.2) is 5.01 Å². The molecule has 0 spiro atoms. The van der Waals surface area contributed by atoms with Crippen LogP contribution in [0, 0.1) is 4.77 Å². The largest absolute Gasteiger partial charge is 0.494 e. The van der Waals surface area contributed by atoms with Crippen LogP contribution < -0.4 is 19.8 Å². The highest BCUT2D eigenvalue weighted by molar-refractivity contribution is 7.71. The molecule has 0 saturated heterocycles. The number of carbonyl (C=O) groups is 1. The molecular weight excluding hydrogens is 424 g/mol. The highest BCUT2D eigenvalue weighted by Crippen LogP contribution is 2.43. The zero-order valence-electron chi connectivity index (χ0n) is 18.1. The maximum Gasteiger partial charge on any atom is 0.267 e. The quantitative estimate of drug-likeness (QED) is 0.696. The lowest BCUT2D eigenvalue weighted by Gasteiger charge is -2.22. The molecule has 1 aromatic carbocycles. The molecule has 1 aromatic heterocycles. The molecule has 0 saturated carbocycles. The van der Waals surface area contributed by atoms with Gasteiger partial charge in [-0.05, 0) is 29.9 Å². The summed E-state index contributed by atoms with van der Waals surface area (Å²) in [4.78, 5) is 25.2. The van der Waals surface area contributed by atoms with Crippen LogP contribution in [0.25, 0.3) is 0 Å². The van der Waals surface area contributed by atoms with E-state index < -0.39 is 11.6 Å². The Morgan fingerprint density at radius 2 is 1.71 bits per heavy atom. The zero-order valence-corrected chi connectivity index (χ0v) is 18.9. The number of rotatable bonds is 5. The summed E-state index contributed by atoms with van der Waals surface area (Å²) in [6, 6.07) is 2.91. The Bertz CT molecular complexity index is 1170. The summed E-state index contributed by atoms with van der Waals surface area (Å²) in [6.07, 6.45) is 0.192. The second-order valence-electron chi connectivity index (χ2n) is 6.99. The summed E-state index contributed by atoms with van der Waals surface area (Å²) < 4.78 is 18.9. The summed E-state index contributed by atoms with van der Waals surface area (Å²) in [6.45, 7) is 1.38. The van der Waals surface area contributed by atoms with Crippen LogP contribution in [0.3, 0.4) is 0 Å². The molecule has 2 heterocycles. The molecule has 0 radical (unpaired) electrons. The van der Waals surface area contributed by atoms with Crippen molar-refractivity contribution in [2.24, 2.45) is 19.2 Å². The summed E-state index contributed by atoms with van der Waals surface area (Å²) in [5.74, 6) is 0.640. The van der Waals surface area contributed by atoms with Gasteiger partial charge >= 0.3 is 0 Å². The number of hydrogen-bond acceptors (Lipinski definition) is 8. The average Bonchev–Trinajstić information content (AvgIpc) is 3.20. The molecule has 0 bridgehead atoms. The number of nitrogens with zero attached hydrogens (tertiary/aromatic N) is 4. The van der Waals surface area contributed by atoms with Crippen LogP contribution in [0.2, 0.25) is 0 Å². The van der Waals surface area contributed by atoms with E-state index in [9.17, 15) is 14.7 Å². The second-order valence-corrected chi connectivity index (χ2v) is 7.36. The summed E-state index contributed by atoms with van der Waals surface area (Å²) >= 11 is 5.17. The predicted octanol–water partition coefficient (Wildman–Crippen LogP) is 1.88. The van der Waals surface area contributed by atoms with Crippen molar-refractivity contribution in [2.45, 2.75) is 19.4 Å². The fourth-order valence-electron chi connectivity index (χ4n) is 3.59. The van der Waals surface area contributed by atoms with Crippen molar-refractivity contribution in [2.75, 3.05) is 21.3 Å². The normalized spacial score (nSPS) is 15.6. The molecule has 1 unspecified atom stereocenters. The van der Waals surface area contributed by atoms with Crippen molar-refractivity contribution in [1.29, 1.82) is 0 Å². The smallest absolute Gasteiger partial charge is 0.267 e. The number of carbonyl (C=O) groups excluding carboxylic acids is 1. The molecule has 3 rings (SSSR count). The average molecular weight is 449 g/mol. The topological polar surface area (TPSA) is 108 Å². The van der Waals surface area contributed by atoms with E-state index in [1.807, 2.05) is 0 Å². The first-order valence-electron chi connectivity index (χ1n) is 9.32. The lowest BCUT2D eigenvalue weighted by molar-refractivity contribution is -0.130. The van der Waals surface area contributed by atoms with E-state index in [0.29, 0.717) is 22.8 Å². The van der Waals surface area contributed by atoms with Crippen LogP contribution in [0.1, 0.15) is 30.5 Å². The molecule has 0 aliphatic carbocycles. The Hall–Kier alpha value is -3.34. The van der Waals surface area contributed by atoms with Crippen LogP contribution in [0.5, 0.6) is 23.1 Å². The molecule has 166 valence electrons. The third-order valence-electron chi connectivity index (χ3n) is 5.23. The number of ether oxygens (including phenoxy) is 3. The zero-order chi connectivity index (χ0) is 23.0. The number of hydrogen-bond donors (Lipinski definition) is 1. The predicted molar refractivity (Wildman–Crippen MR) is 116 cm³/mol. The van der Waals surface area contributed by atoms with Crippen molar-refractivity contribution >= 4 is 23.8 Å². The van der Waals surface area contributed by atoms with E-state index in [1.54, 1.807) is 19.2 Å². The van der Waals surface area contributed by atoms with Gasteiger partial charge in [0.15, 0.2) is 16.3 Å². The molecule has 2 aromatic rings. The number of hydrazone groups is 1. The van der Waals surface area contributed by atoms with E-state index in [4.69, 9.17) is 26.4 Å². The van der Waals surface area contributed by atoms with E-state index in [0.717, 1.165) is 0 Å². The van der Waals surface area contributed by atoms with Crippen LogP contribution in [-0.2, 0) is 18.9 Å². The molecule has 31 heavy (non-hydrogen) atoms. The minimum Gasteiger partial charge on any atom is -0.494 e. The van der Waals surface area contributed by atoms with E-state index in [-0.39, 0.29) is 34.3 Å². The van der Waals surface area contributed by atoms with Crippen LogP contribution in [0.15, 0.2) is 22.0 Å². The van der Waals surface area contributed by atoms with Gasteiger partial charge in [0, 0.05) is 27.4 Å². The third kappa shape index (κ3) is 3.65. The fourth-order valence-corrected chi connectivity index (χ4v) is 3.76. The Morgan fingerprint density at radius 1 is 1.13 bits per heavy atom. The molecule has 10 nitrogen and oxygen atoms in total. The first kappa shape index (κ1) is 22.3. The van der Waals surface area contributed by atoms with Crippen molar-refractivity contribution in [3.63, 3.8) is 0 Å². The maximum absolute atomic E-state index is 12.8. The van der Waals surface area contributed by atoms with Crippen molar-refractivity contribution < 1.29 is 24.1 Å². The van der Waals surface area contributed by atoms with Crippen molar-refractivity contribution in [3.8, 4) is 23.1 Å². The molecule has 1 N–H and O–H groups in total. The number of methoxy groups -OCH3 is 3. The fraction of sp³-hybridized carbons (Fsp3) is 0.400. The van der Waals surface area contributed by atoms with Crippen molar-refractivity contribution in [1.82, 2.24) is 14.1 Å². The Morgan fingerprint density at radius 3 is 2.19 bits per heavy atom. The number of benzene rings is 1. The second kappa shape index (κ2) is 8.42. The highest BCUT2D eigenvalue weighted by atomic mass is 32.1. The molecular formula is C20H24N4O6S. The molecule has 0 fully saturated rings. The standard InChI is InChI=1S/C20H24N4O6S/c1-10(25)24-13(11-7-14(28-4)17(30-6)15(8-11)29-5)9-12(21-24)16-18(26)22(2)20(31)23(3)19(16)27/h7-8,13,26H,9H2,1-6H3. The summed E-state index contributed by atoms with van der Waals surface area (Å²) in [5.41, 5.74) is 0.454. The first-order valence-corrected chi connectivity index (χ1v) is 9.73. The molecule has 1 aliphatic heterocycles. The number of aromatic hydroxyl groups is 1.